The largest absolute Gasteiger partial charge is 0.379 e. The van der Waals surface area contributed by atoms with Gasteiger partial charge in [-0.1, -0.05) is 46.1 Å². The third-order valence-corrected chi connectivity index (χ3v) is 22.3. The van der Waals surface area contributed by atoms with Crippen LogP contribution < -0.4 is 0 Å². The zero-order chi connectivity index (χ0) is 67.7. The number of carbonyl (C=O) groups excluding carboxylic acids is 4. The zero-order valence-electron chi connectivity index (χ0n) is 59.3. The molecule has 0 spiro atoms. The molecule has 0 heterocycles. The van der Waals surface area contributed by atoms with Crippen LogP contribution in [0.3, 0.4) is 0 Å². The van der Waals surface area contributed by atoms with Gasteiger partial charge >= 0.3 is 0 Å². The summed E-state index contributed by atoms with van der Waals surface area (Å²) in [5, 5.41) is 0. The number of carbonyl (C=O) groups is 4. The second-order valence-corrected chi connectivity index (χ2v) is 31.4. The van der Waals surface area contributed by atoms with E-state index in [1.165, 1.54) is 0 Å². The average molecular weight is 1460 g/mol. The highest BCUT2D eigenvalue weighted by atomic mass is 32.2. The van der Waals surface area contributed by atoms with E-state index in [0.717, 1.165) is 215 Å². The van der Waals surface area contributed by atoms with Crippen LogP contribution in [0, 0.1) is 0 Å². The summed E-state index contributed by atoms with van der Waals surface area (Å²) < 4.78 is 52.5. The Morgan fingerprint density at radius 1 is 0.304 bits per heavy atom. The minimum absolute atomic E-state index is 0.187. The van der Waals surface area contributed by atoms with Crippen molar-refractivity contribution in [2.75, 3.05) is 250 Å². The van der Waals surface area contributed by atoms with Crippen LogP contribution in [0.2, 0.25) is 0 Å². The van der Waals surface area contributed by atoms with Crippen LogP contribution in [0.1, 0.15) is 145 Å². The number of amides is 4. The van der Waals surface area contributed by atoms with Crippen molar-refractivity contribution in [2.24, 2.45) is 0 Å². The Kier molecular flexibility index (Phi) is 75.3. The van der Waals surface area contributed by atoms with Crippen LogP contribution >= 0.6 is 94.1 Å². The maximum atomic E-state index is 13.4. The molecule has 0 fully saturated rings. The molecule has 0 saturated carbocycles. The van der Waals surface area contributed by atoms with Crippen LogP contribution in [-0.2, 0) is 57.1 Å². The Bertz CT molecular complexity index is 1640. The molecule has 0 atom stereocenters. The lowest BCUT2D eigenvalue weighted by atomic mass is 10.2. The van der Waals surface area contributed by atoms with Crippen molar-refractivity contribution < 1.29 is 58.4 Å². The molecule has 544 valence electrons. The molecular formula is C68H132N4O12S8. The molecule has 0 radical (unpaired) electrons. The number of unbranched alkanes of at least 4 members (excludes halogenated alkanes) is 5. The summed E-state index contributed by atoms with van der Waals surface area (Å²) in [4.78, 5) is 60.4. The van der Waals surface area contributed by atoms with Crippen LogP contribution in [-0.4, -0.2) is 293 Å². The summed E-state index contributed by atoms with van der Waals surface area (Å²) in [6.45, 7) is 28.1. The van der Waals surface area contributed by atoms with Gasteiger partial charge in [-0.3, -0.25) is 19.2 Å². The third kappa shape index (κ3) is 64.8. The first-order chi connectivity index (χ1) is 45.8. The fraction of sp³-hybridized carbons (Fsp3) is 0.912. The van der Waals surface area contributed by atoms with Crippen molar-refractivity contribution in [1.29, 1.82) is 0 Å². The van der Waals surface area contributed by atoms with Gasteiger partial charge in [0, 0.05) is 139 Å². The van der Waals surface area contributed by atoms with E-state index in [-0.39, 0.29) is 23.6 Å². The van der Waals surface area contributed by atoms with Gasteiger partial charge in [-0.25, -0.2) is 0 Å². The lowest BCUT2D eigenvalue weighted by Crippen LogP contribution is -2.35. The standard InChI is InChI=1S/C68H132N4O12S8/c1-7-13-28-69(27-10-4)65(73)25-59-91-63-47-84-44-42-82-46-62-90-56-20-30-70(29-14-8-2)66(74)23-57-87-52-18-16-50-85-54-21-31-71(33-35-79-39-37-77-11-5)67(75)24-58-88-53-19-17-51-86-55-22-32-72(34-36-80-40-38-78-12-6)68(76)26-60-92-64-48-83-43-41-81-45-61-89-49-15-9-3/h10H,4,7-9,11-64H2,1-3,5-6H3/i3D. The first-order valence-corrected chi connectivity index (χ1v) is 44.3. The molecule has 24 heteroatoms. The monoisotopic (exact) mass is 1450 g/mol. The smallest absolute Gasteiger partial charge is 0.223 e. The van der Waals surface area contributed by atoms with E-state index in [1.54, 1.807) is 29.6 Å². The number of nitrogens with zero attached hydrogens (tertiary/aromatic N) is 4. The predicted octanol–water partition coefficient (Wildman–Crippen LogP) is 13.2. The normalized spacial score (nSPS) is 11.6. The lowest BCUT2D eigenvalue weighted by molar-refractivity contribution is -0.132. The molecule has 0 saturated heterocycles. The van der Waals surface area contributed by atoms with Gasteiger partial charge in [0.15, 0.2) is 0 Å². The summed E-state index contributed by atoms with van der Waals surface area (Å²) in [6, 6.07) is 0. The van der Waals surface area contributed by atoms with Crippen molar-refractivity contribution in [3.63, 3.8) is 0 Å². The van der Waals surface area contributed by atoms with Crippen LogP contribution in [0.5, 0.6) is 0 Å². The number of rotatable bonds is 77. The van der Waals surface area contributed by atoms with Crippen LogP contribution in [0.15, 0.2) is 12.7 Å². The fourth-order valence-electron chi connectivity index (χ4n) is 8.63. The molecule has 0 N–H and O–H groups in total. The number of thioether (sulfide) groups is 8. The topological polar surface area (TPSA) is 155 Å². The van der Waals surface area contributed by atoms with E-state index in [0.29, 0.717) is 151 Å². The Morgan fingerprint density at radius 3 is 0.924 bits per heavy atom. The van der Waals surface area contributed by atoms with Gasteiger partial charge in [-0.2, -0.15) is 94.1 Å². The Hall–Kier alpha value is 0.1000. The van der Waals surface area contributed by atoms with Crippen LogP contribution in [0.4, 0.5) is 0 Å². The van der Waals surface area contributed by atoms with Crippen molar-refractivity contribution in [3.05, 3.63) is 12.7 Å². The van der Waals surface area contributed by atoms with E-state index in [2.05, 4.69) is 25.3 Å². The third-order valence-electron chi connectivity index (χ3n) is 13.9. The summed E-state index contributed by atoms with van der Waals surface area (Å²) in [5.74, 6) is 16.4. The highest BCUT2D eigenvalue weighted by Crippen LogP contribution is 2.17. The Morgan fingerprint density at radius 2 is 0.576 bits per heavy atom. The maximum Gasteiger partial charge on any atom is 0.223 e. The van der Waals surface area contributed by atoms with Crippen molar-refractivity contribution in [3.8, 4) is 0 Å². The molecule has 0 aromatic heterocycles. The van der Waals surface area contributed by atoms with Crippen molar-refractivity contribution in [1.82, 2.24) is 19.6 Å². The molecule has 0 aliphatic heterocycles. The van der Waals surface area contributed by atoms with E-state index >= 15 is 0 Å². The molecule has 0 aromatic carbocycles. The van der Waals surface area contributed by atoms with Gasteiger partial charge in [0.25, 0.3) is 0 Å². The SMILES string of the molecule is [2H]CCCCSCCOCCOCCSCCC(=O)N(CCCSCCCCSCCC(=O)N(CCCSCCCCSCCC(=O)N(CCCC)CCCSCCOCCOCCSCCC(=O)N(CC=C)CCCC)CCOCCOCC)CCOCCOCC. The summed E-state index contributed by atoms with van der Waals surface area (Å²) in [6.07, 6.45) is 17.9. The Labute approximate surface area is 597 Å². The van der Waals surface area contributed by atoms with Crippen LogP contribution in [0.25, 0.3) is 0 Å². The molecule has 0 aromatic rings. The van der Waals surface area contributed by atoms with Gasteiger partial charge in [0.2, 0.25) is 23.6 Å². The minimum atomic E-state index is 0.187. The number of hydrogen-bond donors (Lipinski definition) is 0. The Balaban J connectivity index is 4.31. The van der Waals surface area contributed by atoms with E-state index < -0.39 is 0 Å². The lowest BCUT2D eigenvalue weighted by Gasteiger charge is -2.23. The number of ether oxygens (including phenoxy) is 8. The van der Waals surface area contributed by atoms with E-state index in [1.807, 2.05) is 99.1 Å². The highest BCUT2D eigenvalue weighted by molar-refractivity contribution is 8.00. The van der Waals surface area contributed by atoms with E-state index in [4.69, 9.17) is 39.3 Å². The molecule has 16 nitrogen and oxygen atoms in total. The minimum Gasteiger partial charge on any atom is -0.379 e. The highest BCUT2D eigenvalue weighted by Gasteiger charge is 2.17. The van der Waals surface area contributed by atoms with Crippen molar-refractivity contribution >= 4 is 118 Å². The van der Waals surface area contributed by atoms with Crippen molar-refractivity contribution in [2.45, 2.75) is 144 Å². The molecule has 0 unspecified atom stereocenters. The maximum absolute atomic E-state index is 13.4. The summed E-state index contributed by atoms with van der Waals surface area (Å²) in [7, 11) is 0. The second-order valence-electron chi connectivity index (χ2n) is 21.6. The van der Waals surface area contributed by atoms with E-state index in [9.17, 15) is 19.2 Å². The first kappa shape index (κ1) is 90.1. The predicted molar refractivity (Wildman–Crippen MR) is 409 cm³/mol. The summed E-state index contributed by atoms with van der Waals surface area (Å²) >= 11 is 15.0. The molecule has 0 aliphatic rings. The molecular weight excluding hydrogens is 1320 g/mol. The van der Waals surface area contributed by atoms with Gasteiger partial charge in [-0.15, -0.1) is 6.58 Å². The van der Waals surface area contributed by atoms with Gasteiger partial charge in [0.05, 0.1) is 92.5 Å². The van der Waals surface area contributed by atoms with Gasteiger partial charge in [0.1, 0.15) is 0 Å². The average Bonchev–Trinajstić information content (AvgIpc) is 3.78. The summed E-state index contributed by atoms with van der Waals surface area (Å²) in [5.41, 5.74) is 0. The number of hydrogen-bond acceptors (Lipinski definition) is 20. The first-order valence-electron chi connectivity index (χ1n) is 35.7. The second kappa shape index (κ2) is 76.8. The molecule has 0 bridgehead atoms. The fourth-order valence-corrected chi connectivity index (χ4v) is 15.5. The molecule has 0 rings (SSSR count). The quantitative estimate of drug-likeness (QED) is 0.0418. The molecule has 0 aliphatic carbocycles. The zero-order valence-corrected chi connectivity index (χ0v) is 64.8. The van der Waals surface area contributed by atoms with Gasteiger partial charge in [-0.05, 0) is 124 Å². The molecule has 92 heavy (non-hydrogen) atoms. The van der Waals surface area contributed by atoms with Gasteiger partial charge < -0.3 is 57.5 Å². The molecule has 4 amide bonds.